The molecule has 8 nitrogen and oxygen atoms in total. The zero-order chi connectivity index (χ0) is 23.3. The average Bonchev–Trinajstić information content (AvgIpc) is 2.94. The number of carbonyl (C=O) groups is 1. The molecule has 2 N–H and O–H groups in total. The fraction of sp³-hybridized carbons (Fsp3) is 0.417. The largest absolute Gasteiger partial charge is 0.490 e. The van der Waals surface area contributed by atoms with Crippen LogP contribution in [0.1, 0.15) is 56.2 Å². The van der Waals surface area contributed by atoms with Crippen LogP contribution in [-0.4, -0.2) is 39.9 Å². The molecule has 1 unspecified atom stereocenters. The summed E-state index contributed by atoms with van der Waals surface area (Å²) < 4.78 is 38.1. The zero-order valence-corrected chi connectivity index (χ0v) is 19.5. The number of aliphatic imine (C=N–C) groups is 1. The van der Waals surface area contributed by atoms with E-state index in [1.54, 1.807) is 24.3 Å². The van der Waals surface area contributed by atoms with E-state index in [-0.39, 0.29) is 16.8 Å². The minimum Gasteiger partial charge on any atom is -0.490 e. The summed E-state index contributed by atoms with van der Waals surface area (Å²) in [7, 11) is -3.50. The second-order valence-electron chi connectivity index (χ2n) is 8.19. The van der Waals surface area contributed by atoms with Gasteiger partial charge in [0.1, 0.15) is 5.84 Å². The van der Waals surface area contributed by atoms with Gasteiger partial charge in [0.25, 0.3) is 10.0 Å². The summed E-state index contributed by atoms with van der Waals surface area (Å²) >= 11 is 0. The highest BCUT2D eigenvalue weighted by molar-refractivity contribution is 7.90. The third-order valence-electron chi connectivity index (χ3n) is 5.64. The summed E-state index contributed by atoms with van der Waals surface area (Å²) in [6, 6.07) is 12.5. The molecule has 1 amide bonds. The van der Waals surface area contributed by atoms with Crippen LogP contribution in [0.3, 0.4) is 0 Å². The van der Waals surface area contributed by atoms with Gasteiger partial charge >= 0.3 is 0 Å². The van der Waals surface area contributed by atoms with Gasteiger partial charge in [0, 0.05) is 24.9 Å². The van der Waals surface area contributed by atoms with Crippen molar-refractivity contribution in [2.45, 2.75) is 50.0 Å². The number of nitrogens with zero attached hydrogens (tertiary/aromatic N) is 1. The van der Waals surface area contributed by atoms with Gasteiger partial charge in [-0.25, -0.2) is 8.42 Å². The van der Waals surface area contributed by atoms with E-state index in [4.69, 9.17) is 9.47 Å². The van der Waals surface area contributed by atoms with Gasteiger partial charge in [0.05, 0.1) is 24.2 Å². The Kier molecular flexibility index (Phi) is 7.17. The SMILES string of the molecule is CC(NC(=O)CCCCCN=C1NS(=O)(=O)c2ccccc21)c1ccc2c(c1)OCCCO2. The lowest BCUT2D eigenvalue weighted by Crippen LogP contribution is -2.26. The standard InChI is InChI=1S/C24H29N3O5S/c1-17(18-11-12-20-21(16-18)32-15-7-14-31-20)26-23(28)10-3-2-6-13-25-24-19-8-4-5-9-22(19)33(29,30)27-24/h4-5,8-9,11-12,16-17H,2-3,6-7,10,13-15H2,1H3,(H,25,27)(H,26,28). The van der Waals surface area contributed by atoms with Gasteiger partial charge in [0.15, 0.2) is 11.5 Å². The van der Waals surface area contributed by atoms with Crippen LogP contribution in [0.2, 0.25) is 0 Å². The Bertz CT molecular complexity index is 1150. The van der Waals surface area contributed by atoms with E-state index in [0.29, 0.717) is 37.6 Å². The van der Waals surface area contributed by atoms with Crippen molar-refractivity contribution in [1.82, 2.24) is 10.0 Å². The summed E-state index contributed by atoms with van der Waals surface area (Å²) in [6.07, 6.45) is 3.63. The number of carbonyl (C=O) groups excluding carboxylic acids is 1. The summed E-state index contributed by atoms with van der Waals surface area (Å²) in [5, 5.41) is 3.03. The number of amidine groups is 1. The molecule has 0 aromatic heterocycles. The predicted molar refractivity (Wildman–Crippen MR) is 125 cm³/mol. The molecule has 0 spiro atoms. The fourth-order valence-corrected chi connectivity index (χ4v) is 5.11. The van der Waals surface area contributed by atoms with Gasteiger partial charge in [0.2, 0.25) is 5.91 Å². The molecule has 33 heavy (non-hydrogen) atoms. The van der Waals surface area contributed by atoms with Crippen LogP contribution >= 0.6 is 0 Å². The fourth-order valence-electron chi connectivity index (χ4n) is 3.86. The maximum atomic E-state index is 12.3. The van der Waals surface area contributed by atoms with E-state index in [9.17, 15) is 13.2 Å². The van der Waals surface area contributed by atoms with E-state index in [1.165, 1.54) is 0 Å². The van der Waals surface area contributed by atoms with Crippen LogP contribution in [0, 0.1) is 0 Å². The summed E-state index contributed by atoms with van der Waals surface area (Å²) in [5.41, 5.74) is 1.59. The molecule has 176 valence electrons. The van der Waals surface area contributed by atoms with Gasteiger partial charge in [-0.1, -0.05) is 24.6 Å². The second kappa shape index (κ2) is 10.2. The van der Waals surface area contributed by atoms with Gasteiger partial charge in [-0.3, -0.25) is 14.5 Å². The van der Waals surface area contributed by atoms with Gasteiger partial charge in [-0.2, -0.15) is 0 Å². The Morgan fingerprint density at radius 1 is 1.09 bits per heavy atom. The molecule has 2 aromatic carbocycles. The molecule has 4 rings (SSSR count). The molecule has 2 heterocycles. The first-order valence-electron chi connectivity index (χ1n) is 11.3. The highest BCUT2D eigenvalue weighted by Gasteiger charge is 2.29. The summed E-state index contributed by atoms with van der Waals surface area (Å²) in [4.78, 5) is 17.0. The smallest absolute Gasteiger partial charge is 0.263 e. The van der Waals surface area contributed by atoms with Crippen molar-refractivity contribution in [2.75, 3.05) is 19.8 Å². The van der Waals surface area contributed by atoms with Crippen LogP contribution in [0.15, 0.2) is 52.4 Å². The number of amides is 1. The molecule has 1 atom stereocenters. The van der Waals surface area contributed by atoms with Crippen molar-refractivity contribution in [3.63, 3.8) is 0 Å². The monoisotopic (exact) mass is 471 g/mol. The van der Waals surface area contributed by atoms with Crippen molar-refractivity contribution < 1.29 is 22.7 Å². The van der Waals surface area contributed by atoms with E-state index in [2.05, 4.69) is 15.0 Å². The number of benzene rings is 2. The quantitative estimate of drug-likeness (QED) is 0.575. The number of hydrogen-bond donors (Lipinski definition) is 2. The number of rotatable bonds is 8. The Labute approximate surface area is 194 Å². The summed E-state index contributed by atoms with van der Waals surface area (Å²) in [6.45, 7) is 3.73. The Morgan fingerprint density at radius 2 is 1.88 bits per heavy atom. The molecule has 0 fully saturated rings. The van der Waals surface area contributed by atoms with Crippen LogP contribution in [0.4, 0.5) is 0 Å². The number of hydrogen-bond acceptors (Lipinski definition) is 6. The third kappa shape index (κ3) is 5.65. The van der Waals surface area contributed by atoms with Crippen LogP contribution < -0.4 is 19.5 Å². The van der Waals surface area contributed by atoms with Crippen molar-refractivity contribution in [3.05, 3.63) is 53.6 Å². The number of ether oxygens (including phenoxy) is 2. The molecule has 0 bridgehead atoms. The highest BCUT2D eigenvalue weighted by atomic mass is 32.2. The molecule has 9 heteroatoms. The third-order valence-corrected chi connectivity index (χ3v) is 7.04. The number of unbranched alkanes of at least 4 members (excludes halogenated alkanes) is 2. The number of nitrogens with one attached hydrogen (secondary N) is 2. The maximum Gasteiger partial charge on any atom is 0.263 e. The van der Waals surface area contributed by atoms with E-state index in [1.807, 2.05) is 25.1 Å². The first-order chi connectivity index (χ1) is 15.9. The first-order valence-corrected chi connectivity index (χ1v) is 12.8. The van der Waals surface area contributed by atoms with Crippen LogP contribution in [0.25, 0.3) is 0 Å². The molecular weight excluding hydrogens is 442 g/mol. The topological polar surface area (TPSA) is 106 Å². The Balaban J connectivity index is 1.19. The van der Waals surface area contributed by atoms with Crippen LogP contribution in [0.5, 0.6) is 11.5 Å². The highest BCUT2D eigenvalue weighted by Crippen LogP contribution is 2.32. The average molecular weight is 472 g/mol. The molecule has 0 aliphatic carbocycles. The van der Waals surface area contributed by atoms with Gasteiger partial charge in [-0.15, -0.1) is 0 Å². The van der Waals surface area contributed by atoms with E-state index in [0.717, 1.165) is 42.7 Å². The molecule has 2 aliphatic rings. The molecule has 2 aromatic rings. The molecule has 2 aliphatic heterocycles. The molecular formula is C24H29N3O5S. The predicted octanol–water partition coefficient (Wildman–Crippen LogP) is 3.32. The van der Waals surface area contributed by atoms with Crippen molar-refractivity contribution in [3.8, 4) is 11.5 Å². The van der Waals surface area contributed by atoms with Crippen LogP contribution in [-0.2, 0) is 14.8 Å². The van der Waals surface area contributed by atoms with Crippen molar-refractivity contribution in [1.29, 1.82) is 0 Å². The number of fused-ring (bicyclic) bond motifs is 2. The molecule has 0 saturated carbocycles. The first kappa shape index (κ1) is 23.1. The van der Waals surface area contributed by atoms with E-state index < -0.39 is 10.0 Å². The minimum absolute atomic E-state index is 0.00148. The normalized spacial score (nSPS) is 18.2. The maximum absolute atomic E-state index is 12.3. The Hall–Kier alpha value is -3.07. The molecule has 0 radical (unpaired) electrons. The zero-order valence-electron chi connectivity index (χ0n) is 18.7. The van der Waals surface area contributed by atoms with E-state index >= 15 is 0 Å². The molecule has 0 saturated heterocycles. The van der Waals surface area contributed by atoms with Crippen molar-refractivity contribution >= 4 is 21.8 Å². The minimum atomic E-state index is -3.50. The lowest BCUT2D eigenvalue weighted by atomic mass is 10.1. The second-order valence-corrected chi connectivity index (χ2v) is 9.84. The summed E-state index contributed by atoms with van der Waals surface area (Å²) in [5.74, 6) is 1.86. The van der Waals surface area contributed by atoms with Gasteiger partial charge in [-0.05, 0) is 49.6 Å². The Morgan fingerprint density at radius 3 is 2.73 bits per heavy atom. The van der Waals surface area contributed by atoms with Gasteiger partial charge < -0.3 is 14.8 Å². The lowest BCUT2D eigenvalue weighted by Gasteiger charge is -2.16. The van der Waals surface area contributed by atoms with Crippen molar-refractivity contribution in [2.24, 2.45) is 4.99 Å². The number of sulfonamides is 1. The lowest BCUT2D eigenvalue weighted by molar-refractivity contribution is -0.121.